The van der Waals surface area contributed by atoms with Gasteiger partial charge in [0.25, 0.3) is 0 Å². The molecule has 1 atom stereocenters. The first-order valence-electron chi connectivity index (χ1n) is 7.46. The van der Waals surface area contributed by atoms with E-state index in [0.29, 0.717) is 12.5 Å². The monoisotopic (exact) mass is 292 g/mol. The van der Waals surface area contributed by atoms with Crippen molar-refractivity contribution in [2.75, 3.05) is 18.0 Å². The summed E-state index contributed by atoms with van der Waals surface area (Å²) in [4.78, 5) is 14.6. The first-order chi connectivity index (χ1) is 9.72. The average molecular weight is 292 g/mol. The Kier molecular flexibility index (Phi) is 5.77. The number of amides is 1. The summed E-state index contributed by atoms with van der Waals surface area (Å²) in [6.07, 6.45) is 4.43. The Morgan fingerprint density at radius 3 is 2.85 bits per heavy atom. The zero-order valence-electron chi connectivity index (χ0n) is 12.2. The number of hydrogen-bond donors (Lipinski definition) is 1. The maximum Gasteiger partial charge on any atom is 0.235 e. The lowest BCUT2D eigenvalue weighted by Gasteiger charge is -2.29. The number of rotatable bonds is 5. The third-order valence-electron chi connectivity index (χ3n) is 3.68. The zero-order valence-corrected chi connectivity index (χ0v) is 13.0. The lowest BCUT2D eigenvalue weighted by atomic mass is 10.1. The maximum absolute atomic E-state index is 12.7. The number of para-hydroxylation sites is 1. The van der Waals surface area contributed by atoms with Crippen molar-refractivity contribution in [3.05, 3.63) is 29.8 Å². The van der Waals surface area contributed by atoms with Crippen LogP contribution in [0.25, 0.3) is 0 Å². The van der Waals surface area contributed by atoms with Gasteiger partial charge < -0.3 is 10.6 Å². The second-order valence-corrected chi connectivity index (χ2v) is 6.62. The lowest BCUT2D eigenvalue weighted by Crippen LogP contribution is -2.39. The van der Waals surface area contributed by atoms with Crippen LogP contribution in [0.4, 0.5) is 5.69 Å². The molecule has 1 saturated heterocycles. The molecule has 20 heavy (non-hydrogen) atoms. The highest BCUT2D eigenvalue weighted by Crippen LogP contribution is 2.27. The van der Waals surface area contributed by atoms with E-state index in [1.54, 1.807) is 0 Å². The highest BCUT2D eigenvalue weighted by molar-refractivity contribution is 8.00. The van der Waals surface area contributed by atoms with Crippen LogP contribution in [0, 0.1) is 0 Å². The Labute approximate surface area is 125 Å². The van der Waals surface area contributed by atoms with Crippen LogP contribution in [-0.2, 0) is 11.3 Å². The van der Waals surface area contributed by atoms with E-state index < -0.39 is 0 Å². The summed E-state index contributed by atoms with van der Waals surface area (Å²) < 4.78 is 0. The Bertz CT molecular complexity index is 444. The summed E-state index contributed by atoms with van der Waals surface area (Å²) in [6, 6.07) is 7.83. The van der Waals surface area contributed by atoms with E-state index in [1.807, 2.05) is 40.9 Å². The minimum Gasteiger partial charge on any atom is -0.398 e. The Morgan fingerprint density at radius 2 is 2.20 bits per heavy atom. The topological polar surface area (TPSA) is 46.3 Å². The SMILES string of the molecule is CCCN(Cc1ccccc1N)C(=O)C1CCCCS1. The van der Waals surface area contributed by atoms with E-state index in [4.69, 9.17) is 5.73 Å². The van der Waals surface area contributed by atoms with Gasteiger partial charge in [0.15, 0.2) is 0 Å². The second-order valence-electron chi connectivity index (χ2n) is 5.31. The van der Waals surface area contributed by atoms with E-state index in [9.17, 15) is 4.79 Å². The maximum atomic E-state index is 12.7. The van der Waals surface area contributed by atoms with Gasteiger partial charge in [-0.25, -0.2) is 0 Å². The minimum absolute atomic E-state index is 0.153. The molecule has 3 nitrogen and oxygen atoms in total. The van der Waals surface area contributed by atoms with E-state index >= 15 is 0 Å². The number of benzene rings is 1. The third-order valence-corrected chi connectivity index (χ3v) is 5.04. The molecule has 0 bridgehead atoms. The fraction of sp³-hybridized carbons (Fsp3) is 0.562. The number of nitrogen functional groups attached to an aromatic ring is 1. The van der Waals surface area contributed by atoms with Gasteiger partial charge in [0.1, 0.15) is 0 Å². The molecule has 0 aromatic heterocycles. The third kappa shape index (κ3) is 3.92. The number of nitrogens with two attached hydrogens (primary N) is 1. The van der Waals surface area contributed by atoms with Crippen LogP contribution in [-0.4, -0.2) is 28.4 Å². The predicted octanol–water partition coefficient (Wildman–Crippen LogP) is 3.29. The van der Waals surface area contributed by atoms with Crippen molar-refractivity contribution < 1.29 is 4.79 Å². The average Bonchev–Trinajstić information content (AvgIpc) is 2.49. The highest BCUT2D eigenvalue weighted by atomic mass is 32.2. The van der Waals surface area contributed by atoms with Crippen LogP contribution in [0.3, 0.4) is 0 Å². The molecule has 2 rings (SSSR count). The number of anilines is 1. The minimum atomic E-state index is 0.153. The summed E-state index contributed by atoms with van der Waals surface area (Å²) in [5.74, 6) is 1.41. The van der Waals surface area contributed by atoms with Gasteiger partial charge >= 0.3 is 0 Å². The quantitative estimate of drug-likeness (QED) is 0.847. The Balaban J connectivity index is 2.06. The molecule has 1 fully saturated rings. The molecule has 0 spiro atoms. The summed E-state index contributed by atoms with van der Waals surface area (Å²) >= 11 is 1.82. The van der Waals surface area contributed by atoms with Crippen molar-refractivity contribution in [2.24, 2.45) is 0 Å². The molecular weight excluding hydrogens is 268 g/mol. The zero-order chi connectivity index (χ0) is 14.4. The number of thioether (sulfide) groups is 1. The molecule has 0 aliphatic carbocycles. The number of hydrogen-bond acceptors (Lipinski definition) is 3. The van der Waals surface area contributed by atoms with Crippen LogP contribution < -0.4 is 5.73 Å². The second kappa shape index (κ2) is 7.58. The fourth-order valence-electron chi connectivity index (χ4n) is 2.56. The molecule has 0 radical (unpaired) electrons. The van der Waals surface area contributed by atoms with Crippen LogP contribution in [0.2, 0.25) is 0 Å². The molecule has 1 amide bonds. The lowest BCUT2D eigenvalue weighted by molar-refractivity contribution is -0.131. The highest BCUT2D eigenvalue weighted by Gasteiger charge is 2.26. The molecule has 1 aromatic carbocycles. The summed E-state index contributed by atoms with van der Waals surface area (Å²) in [5.41, 5.74) is 7.83. The van der Waals surface area contributed by atoms with Crippen LogP contribution in [0.1, 0.15) is 38.2 Å². The van der Waals surface area contributed by atoms with Crippen LogP contribution >= 0.6 is 11.8 Å². The summed E-state index contributed by atoms with van der Waals surface area (Å²) in [5, 5.41) is 0.153. The molecular formula is C16H24N2OS. The molecule has 110 valence electrons. The van der Waals surface area contributed by atoms with Crippen molar-refractivity contribution in [1.29, 1.82) is 0 Å². The van der Waals surface area contributed by atoms with E-state index in [2.05, 4.69) is 6.92 Å². The molecule has 4 heteroatoms. The predicted molar refractivity (Wildman–Crippen MR) is 86.7 cm³/mol. The number of nitrogens with zero attached hydrogens (tertiary/aromatic N) is 1. The largest absolute Gasteiger partial charge is 0.398 e. The van der Waals surface area contributed by atoms with Crippen molar-refractivity contribution in [2.45, 2.75) is 44.4 Å². The van der Waals surface area contributed by atoms with Crippen LogP contribution in [0.5, 0.6) is 0 Å². The Hall–Kier alpha value is -1.16. The molecule has 2 N–H and O–H groups in total. The van der Waals surface area contributed by atoms with Gasteiger partial charge in [0, 0.05) is 18.8 Å². The van der Waals surface area contributed by atoms with Gasteiger partial charge in [-0.1, -0.05) is 31.5 Å². The number of carbonyl (C=O) groups is 1. The smallest absolute Gasteiger partial charge is 0.235 e. The molecule has 1 unspecified atom stereocenters. The first kappa shape index (κ1) is 15.2. The van der Waals surface area contributed by atoms with Gasteiger partial charge in [0.2, 0.25) is 5.91 Å². The van der Waals surface area contributed by atoms with Crippen molar-refractivity contribution in [3.8, 4) is 0 Å². The molecule has 1 aliphatic heterocycles. The van der Waals surface area contributed by atoms with Crippen molar-refractivity contribution in [1.82, 2.24) is 4.90 Å². The fourth-order valence-corrected chi connectivity index (χ4v) is 3.84. The standard InChI is InChI=1S/C16H24N2OS/c1-2-10-18(12-13-7-3-4-8-14(13)17)16(19)15-9-5-6-11-20-15/h3-4,7-8,15H,2,5-6,9-12,17H2,1H3. The molecule has 1 aliphatic rings. The van der Waals surface area contributed by atoms with Gasteiger partial charge in [0.05, 0.1) is 5.25 Å². The van der Waals surface area contributed by atoms with Crippen molar-refractivity contribution >= 4 is 23.4 Å². The van der Waals surface area contributed by atoms with E-state index in [1.165, 1.54) is 12.8 Å². The van der Waals surface area contributed by atoms with Gasteiger partial charge in [-0.05, 0) is 36.6 Å². The Morgan fingerprint density at radius 1 is 1.40 bits per heavy atom. The normalized spacial score (nSPS) is 18.8. The van der Waals surface area contributed by atoms with Gasteiger partial charge in [-0.15, -0.1) is 11.8 Å². The number of carbonyl (C=O) groups excluding carboxylic acids is 1. The van der Waals surface area contributed by atoms with Crippen molar-refractivity contribution in [3.63, 3.8) is 0 Å². The van der Waals surface area contributed by atoms with E-state index in [-0.39, 0.29) is 5.25 Å². The van der Waals surface area contributed by atoms with Gasteiger partial charge in [-0.2, -0.15) is 0 Å². The summed E-state index contributed by atoms with van der Waals surface area (Å²) in [7, 11) is 0. The van der Waals surface area contributed by atoms with Crippen LogP contribution in [0.15, 0.2) is 24.3 Å². The first-order valence-corrected chi connectivity index (χ1v) is 8.51. The van der Waals surface area contributed by atoms with E-state index in [0.717, 1.165) is 36.4 Å². The van der Waals surface area contributed by atoms with Gasteiger partial charge in [-0.3, -0.25) is 4.79 Å². The molecule has 1 aromatic rings. The molecule has 0 saturated carbocycles. The molecule has 1 heterocycles. The summed E-state index contributed by atoms with van der Waals surface area (Å²) in [6.45, 7) is 3.56.